The van der Waals surface area contributed by atoms with Crippen molar-refractivity contribution in [3.8, 4) is 0 Å². The van der Waals surface area contributed by atoms with E-state index < -0.39 is 14.0 Å². The summed E-state index contributed by atoms with van der Waals surface area (Å²) in [6.45, 7) is 17.4. The maximum atomic E-state index is 12.5. The molecule has 3 nitrogen and oxygen atoms in total. The van der Waals surface area contributed by atoms with Crippen LogP contribution in [0.4, 0.5) is 0 Å². The third-order valence-electron chi connectivity index (χ3n) is 5.34. The Morgan fingerprint density at radius 1 is 1.30 bits per heavy atom. The Bertz CT molecular complexity index is 591. The fraction of sp³-hybridized carbons (Fsp3) is 0.526. The highest BCUT2D eigenvalue weighted by Crippen LogP contribution is 2.52. The number of benzene rings is 1. The molecule has 0 N–H and O–H groups in total. The summed E-state index contributed by atoms with van der Waals surface area (Å²) in [5.41, 5.74) is 0.383. The minimum atomic E-state index is -2.06. The van der Waals surface area contributed by atoms with Gasteiger partial charge in [0.05, 0.1) is 5.92 Å². The van der Waals surface area contributed by atoms with Crippen molar-refractivity contribution < 1.29 is 9.22 Å². The summed E-state index contributed by atoms with van der Waals surface area (Å²) in [7, 11) is -2.06. The molecule has 0 aromatic heterocycles. The minimum Gasteiger partial charge on any atom is -0.391 e. The maximum Gasteiger partial charge on any atom is 0.233 e. The largest absolute Gasteiger partial charge is 0.391 e. The Hall–Kier alpha value is -1.39. The van der Waals surface area contributed by atoms with E-state index >= 15 is 0 Å². The van der Waals surface area contributed by atoms with Crippen LogP contribution < -0.4 is 0 Å². The number of hydrogen-bond acceptors (Lipinski definition) is 2. The van der Waals surface area contributed by atoms with E-state index in [1.807, 2.05) is 30.0 Å². The number of nitrogens with zero attached hydrogens (tertiary/aromatic N) is 1. The van der Waals surface area contributed by atoms with Gasteiger partial charge in [0.2, 0.25) is 5.91 Å². The molecular formula is C19H29NO2Si. The van der Waals surface area contributed by atoms with Gasteiger partial charge in [-0.15, -0.1) is 6.58 Å². The van der Waals surface area contributed by atoms with Gasteiger partial charge < -0.3 is 9.33 Å². The number of carbonyl (C=O) groups is 1. The first-order valence-electron chi connectivity index (χ1n) is 8.26. The lowest BCUT2D eigenvalue weighted by Crippen LogP contribution is -2.71. The molecular weight excluding hydrogens is 302 g/mol. The Labute approximate surface area is 141 Å². The first kappa shape index (κ1) is 18.0. The van der Waals surface area contributed by atoms with Crippen molar-refractivity contribution >= 4 is 14.2 Å². The predicted octanol–water partition coefficient (Wildman–Crippen LogP) is 4.53. The van der Waals surface area contributed by atoms with E-state index in [0.29, 0.717) is 6.54 Å². The van der Waals surface area contributed by atoms with Crippen LogP contribution in [0.15, 0.2) is 43.0 Å². The van der Waals surface area contributed by atoms with Crippen molar-refractivity contribution in [2.45, 2.75) is 51.6 Å². The molecule has 1 aliphatic heterocycles. The normalized spacial score (nSPS) is 25.2. The van der Waals surface area contributed by atoms with Gasteiger partial charge in [0, 0.05) is 12.1 Å². The third-order valence-corrected chi connectivity index (χ3v) is 9.77. The third kappa shape index (κ3) is 2.79. The average molecular weight is 332 g/mol. The predicted molar refractivity (Wildman–Crippen MR) is 97.5 cm³/mol. The van der Waals surface area contributed by atoms with Crippen LogP contribution in [0.5, 0.6) is 0 Å². The van der Waals surface area contributed by atoms with Crippen LogP contribution in [0.2, 0.25) is 18.1 Å². The highest BCUT2D eigenvalue weighted by molar-refractivity contribution is 6.74. The number of amides is 1. The Morgan fingerprint density at radius 3 is 2.35 bits per heavy atom. The van der Waals surface area contributed by atoms with Crippen LogP contribution in [-0.4, -0.2) is 25.7 Å². The summed E-state index contributed by atoms with van der Waals surface area (Å²) in [6.07, 6.45) is 1.77. The van der Waals surface area contributed by atoms with Crippen LogP contribution >= 0.6 is 0 Å². The summed E-state index contributed by atoms with van der Waals surface area (Å²) in [6, 6.07) is 10.1. The van der Waals surface area contributed by atoms with Crippen molar-refractivity contribution in [1.82, 2.24) is 4.90 Å². The van der Waals surface area contributed by atoms with E-state index in [-0.39, 0.29) is 16.9 Å². The van der Waals surface area contributed by atoms with Gasteiger partial charge in [-0.3, -0.25) is 4.79 Å². The monoisotopic (exact) mass is 331 g/mol. The Kier molecular flexibility index (Phi) is 4.61. The SMILES string of the molecule is C=CCN1C(=O)[C@@H](C)[C@]1(O[Si](C)(C)C(C)(C)C)c1ccccc1. The van der Waals surface area contributed by atoms with Crippen molar-refractivity contribution in [2.24, 2.45) is 5.92 Å². The zero-order chi connectivity index (χ0) is 17.5. The van der Waals surface area contributed by atoms with Gasteiger partial charge in [0.25, 0.3) is 0 Å². The topological polar surface area (TPSA) is 29.5 Å². The van der Waals surface area contributed by atoms with Crippen LogP contribution in [0.1, 0.15) is 33.3 Å². The number of carbonyl (C=O) groups excluding carboxylic acids is 1. The van der Waals surface area contributed by atoms with E-state index in [4.69, 9.17) is 4.43 Å². The van der Waals surface area contributed by atoms with Crippen LogP contribution in [-0.2, 0) is 14.9 Å². The first-order chi connectivity index (χ1) is 10.6. The number of β-lactam (4-membered cyclic amide) rings is 1. The molecule has 23 heavy (non-hydrogen) atoms. The highest BCUT2D eigenvalue weighted by Gasteiger charge is 2.62. The molecule has 1 aromatic carbocycles. The second kappa shape index (κ2) is 5.91. The van der Waals surface area contributed by atoms with E-state index in [9.17, 15) is 4.79 Å². The van der Waals surface area contributed by atoms with Crippen molar-refractivity contribution in [3.05, 3.63) is 48.6 Å². The van der Waals surface area contributed by atoms with Gasteiger partial charge in [-0.1, -0.05) is 57.2 Å². The molecule has 0 aliphatic carbocycles. The lowest BCUT2D eigenvalue weighted by atomic mass is 9.79. The summed E-state index contributed by atoms with van der Waals surface area (Å²) in [5.74, 6) is -0.0496. The summed E-state index contributed by atoms with van der Waals surface area (Å²) in [4.78, 5) is 14.3. The fourth-order valence-electron chi connectivity index (χ4n) is 2.91. The smallest absolute Gasteiger partial charge is 0.233 e. The van der Waals surface area contributed by atoms with Crippen LogP contribution in [0.25, 0.3) is 0 Å². The number of likely N-dealkylation sites (tertiary alicyclic amines) is 1. The highest BCUT2D eigenvalue weighted by atomic mass is 28.4. The molecule has 0 saturated carbocycles. The zero-order valence-corrected chi connectivity index (χ0v) is 16.2. The molecule has 0 bridgehead atoms. The van der Waals surface area contributed by atoms with E-state index in [0.717, 1.165) is 5.56 Å². The minimum absolute atomic E-state index is 0.0764. The van der Waals surface area contributed by atoms with Crippen LogP contribution in [0, 0.1) is 5.92 Å². The fourth-order valence-corrected chi connectivity index (χ4v) is 4.40. The van der Waals surface area contributed by atoms with E-state index in [2.05, 4.69) is 52.6 Å². The standard InChI is InChI=1S/C19H29NO2Si/c1-8-14-20-17(21)15(2)19(20,16-12-10-9-11-13-16)22-23(6,7)18(3,4)5/h8-13,15H,1,14H2,2-7H3/t15-,19+/m1/s1. The average Bonchev–Trinajstić information content (AvgIpc) is 2.49. The molecule has 2 rings (SSSR count). The number of rotatable bonds is 5. The molecule has 4 heteroatoms. The molecule has 1 fully saturated rings. The molecule has 126 valence electrons. The molecule has 0 unspecified atom stereocenters. The summed E-state index contributed by atoms with van der Waals surface area (Å²) in [5, 5.41) is 0.0764. The molecule has 1 amide bonds. The first-order valence-corrected chi connectivity index (χ1v) is 11.2. The van der Waals surface area contributed by atoms with Crippen molar-refractivity contribution in [2.75, 3.05) is 6.54 Å². The van der Waals surface area contributed by atoms with Gasteiger partial charge in [-0.05, 0) is 25.1 Å². The molecule has 0 radical (unpaired) electrons. The van der Waals surface area contributed by atoms with E-state index in [1.165, 1.54) is 0 Å². The molecule has 0 spiro atoms. The van der Waals surface area contributed by atoms with E-state index in [1.54, 1.807) is 6.08 Å². The lowest BCUT2D eigenvalue weighted by Gasteiger charge is -2.60. The van der Waals surface area contributed by atoms with Crippen molar-refractivity contribution in [1.29, 1.82) is 0 Å². The zero-order valence-electron chi connectivity index (χ0n) is 15.2. The van der Waals surface area contributed by atoms with Gasteiger partial charge in [0.1, 0.15) is 0 Å². The van der Waals surface area contributed by atoms with Crippen LogP contribution in [0.3, 0.4) is 0 Å². The second-order valence-corrected chi connectivity index (χ2v) is 12.6. The molecule has 2 atom stereocenters. The molecule has 1 heterocycles. The van der Waals surface area contributed by atoms with Crippen molar-refractivity contribution in [3.63, 3.8) is 0 Å². The second-order valence-electron chi connectivity index (χ2n) is 7.88. The lowest BCUT2D eigenvalue weighted by molar-refractivity contribution is -0.219. The molecule has 1 aromatic rings. The Morgan fingerprint density at radius 2 is 1.87 bits per heavy atom. The summed E-state index contributed by atoms with van der Waals surface area (Å²) >= 11 is 0. The quantitative estimate of drug-likeness (QED) is 0.451. The van der Waals surface area contributed by atoms with Gasteiger partial charge in [-0.25, -0.2) is 0 Å². The van der Waals surface area contributed by atoms with Gasteiger partial charge in [0.15, 0.2) is 14.0 Å². The molecule has 1 aliphatic rings. The molecule has 1 saturated heterocycles. The Balaban J connectivity index is 2.54. The van der Waals surface area contributed by atoms with Gasteiger partial charge in [-0.2, -0.15) is 0 Å². The maximum absolute atomic E-state index is 12.5. The number of hydrogen-bond donors (Lipinski definition) is 0. The van der Waals surface area contributed by atoms with Gasteiger partial charge >= 0.3 is 0 Å². The summed E-state index contributed by atoms with van der Waals surface area (Å²) < 4.78 is 6.86.